The van der Waals surface area contributed by atoms with Crippen LogP contribution < -0.4 is 5.73 Å². The van der Waals surface area contributed by atoms with Crippen LogP contribution in [0.3, 0.4) is 0 Å². The minimum atomic E-state index is -0.369. The molecule has 2 aromatic rings. The molecule has 0 bridgehead atoms. The standard InChI is InChI=1S/C13H13NOS/c1-8-3-4-10(6-12(8)13(14)15)11-5-9(2)16-7-11/h3-7H,1-2H3,(H2,14,15). The maximum atomic E-state index is 11.2. The van der Waals surface area contributed by atoms with Crippen molar-refractivity contribution < 1.29 is 4.79 Å². The van der Waals surface area contributed by atoms with Gasteiger partial charge < -0.3 is 5.73 Å². The molecule has 3 heteroatoms. The summed E-state index contributed by atoms with van der Waals surface area (Å²) in [5, 5.41) is 2.09. The van der Waals surface area contributed by atoms with E-state index in [0.717, 1.165) is 16.7 Å². The van der Waals surface area contributed by atoms with Crippen molar-refractivity contribution in [2.45, 2.75) is 13.8 Å². The molecule has 1 heterocycles. The van der Waals surface area contributed by atoms with Gasteiger partial charge in [-0.25, -0.2) is 0 Å². The van der Waals surface area contributed by atoms with Crippen LogP contribution in [0.5, 0.6) is 0 Å². The van der Waals surface area contributed by atoms with Crippen LogP contribution in [0.4, 0.5) is 0 Å². The molecule has 0 aliphatic rings. The first-order valence-corrected chi connectivity index (χ1v) is 5.92. The fourth-order valence-corrected chi connectivity index (χ4v) is 2.37. The van der Waals surface area contributed by atoms with Gasteiger partial charge in [0.1, 0.15) is 0 Å². The Hall–Kier alpha value is -1.61. The van der Waals surface area contributed by atoms with Crippen LogP contribution in [0.15, 0.2) is 29.6 Å². The van der Waals surface area contributed by atoms with Gasteiger partial charge >= 0.3 is 0 Å². The highest BCUT2D eigenvalue weighted by atomic mass is 32.1. The highest BCUT2D eigenvalue weighted by Crippen LogP contribution is 2.26. The smallest absolute Gasteiger partial charge is 0.248 e. The van der Waals surface area contributed by atoms with Crippen LogP contribution in [0, 0.1) is 13.8 Å². The molecule has 2 nitrogen and oxygen atoms in total. The molecule has 0 aliphatic heterocycles. The molecule has 82 valence electrons. The Balaban J connectivity index is 2.51. The predicted molar refractivity (Wildman–Crippen MR) is 67.7 cm³/mol. The number of amides is 1. The molecular weight excluding hydrogens is 218 g/mol. The van der Waals surface area contributed by atoms with Crippen molar-refractivity contribution >= 4 is 17.2 Å². The van der Waals surface area contributed by atoms with Crippen LogP contribution in [0.2, 0.25) is 0 Å². The predicted octanol–water partition coefficient (Wildman–Crippen LogP) is 3.13. The molecule has 0 aliphatic carbocycles. The third kappa shape index (κ3) is 1.99. The van der Waals surface area contributed by atoms with Crippen molar-refractivity contribution in [2.24, 2.45) is 5.73 Å². The SMILES string of the molecule is Cc1cc(-c2ccc(C)c(C(N)=O)c2)cs1. The van der Waals surface area contributed by atoms with E-state index in [9.17, 15) is 4.79 Å². The number of aryl methyl sites for hydroxylation is 2. The lowest BCUT2D eigenvalue weighted by Crippen LogP contribution is -2.12. The third-order valence-electron chi connectivity index (χ3n) is 2.57. The molecule has 0 saturated carbocycles. The number of hydrogen-bond donors (Lipinski definition) is 1. The molecule has 0 unspecified atom stereocenters. The Morgan fingerprint density at radius 2 is 1.94 bits per heavy atom. The Bertz CT molecular complexity index is 543. The maximum Gasteiger partial charge on any atom is 0.248 e. The lowest BCUT2D eigenvalue weighted by molar-refractivity contribution is 0.1000. The number of rotatable bonds is 2. The molecule has 0 saturated heterocycles. The van der Waals surface area contributed by atoms with E-state index in [1.165, 1.54) is 4.88 Å². The number of carbonyl (C=O) groups excluding carboxylic acids is 1. The average molecular weight is 231 g/mol. The Kier molecular flexibility index (Phi) is 2.79. The quantitative estimate of drug-likeness (QED) is 0.847. The maximum absolute atomic E-state index is 11.2. The van der Waals surface area contributed by atoms with Gasteiger partial charge in [0.15, 0.2) is 0 Å². The number of primary amides is 1. The van der Waals surface area contributed by atoms with Gasteiger partial charge in [0.05, 0.1) is 0 Å². The summed E-state index contributed by atoms with van der Waals surface area (Å²) in [6.45, 7) is 3.96. The highest BCUT2D eigenvalue weighted by molar-refractivity contribution is 7.10. The lowest BCUT2D eigenvalue weighted by atomic mass is 10.0. The zero-order valence-electron chi connectivity index (χ0n) is 9.28. The summed E-state index contributed by atoms with van der Waals surface area (Å²) in [5.41, 5.74) is 9.04. The summed E-state index contributed by atoms with van der Waals surface area (Å²) >= 11 is 1.70. The topological polar surface area (TPSA) is 43.1 Å². The van der Waals surface area contributed by atoms with Gasteiger partial charge in [-0.2, -0.15) is 0 Å². The lowest BCUT2D eigenvalue weighted by Gasteiger charge is -2.04. The fourth-order valence-electron chi connectivity index (χ4n) is 1.66. The van der Waals surface area contributed by atoms with Crippen LogP contribution in [-0.2, 0) is 0 Å². The Morgan fingerprint density at radius 3 is 2.50 bits per heavy atom. The second-order valence-electron chi connectivity index (χ2n) is 3.84. The summed E-state index contributed by atoms with van der Waals surface area (Å²) in [5.74, 6) is -0.369. The van der Waals surface area contributed by atoms with Gasteiger partial charge in [-0.3, -0.25) is 4.79 Å². The average Bonchev–Trinajstić information content (AvgIpc) is 2.65. The van der Waals surface area contributed by atoms with E-state index in [-0.39, 0.29) is 5.91 Å². The normalized spacial score (nSPS) is 10.4. The van der Waals surface area contributed by atoms with E-state index in [4.69, 9.17) is 5.73 Å². The number of thiophene rings is 1. The first-order valence-electron chi connectivity index (χ1n) is 5.04. The van der Waals surface area contributed by atoms with Gasteiger partial charge in [0.2, 0.25) is 5.91 Å². The van der Waals surface area contributed by atoms with Crippen molar-refractivity contribution in [3.05, 3.63) is 45.6 Å². The summed E-state index contributed by atoms with van der Waals surface area (Å²) < 4.78 is 0. The van der Waals surface area contributed by atoms with Gasteiger partial charge in [-0.1, -0.05) is 12.1 Å². The van der Waals surface area contributed by atoms with Crippen molar-refractivity contribution in [1.82, 2.24) is 0 Å². The molecule has 2 rings (SSSR count). The van der Waals surface area contributed by atoms with Crippen LogP contribution in [-0.4, -0.2) is 5.91 Å². The van der Waals surface area contributed by atoms with Gasteiger partial charge in [0.25, 0.3) is 0 Å². The van der Waals surface area contributed by atoms with Crippen molar-refractivity contribution in [2.75, 3.05) is 0 Å². The molecule has 0 fully saturated rings. The summed E-state index contributed by atoms with van der Waals surface area (Å²) in [7, 11) is 0. The van der Waals surface area contributed by atoms with E-state index in [0.29, 0.717) is 5.56 Å². The van der Waals surface area contributed by atoms with Crippen molar-refractivity contribution in [1.29, 1.82) is 0 Å². The Morgan fingerprint density at radius 1 is 1.19 bits per heavy atom. The monoisotopic (exact) mass is 231 g/mol. The molecule has 0 radical (unpaired) electrons. The van der Waals surface area contributed by atoms with E-state index >= 15 is 0 Å². The molecule has 2 N–H and O–H groups in total. The van der Waals surface area contributed by atoms with Gasteiger partial charge in [-0.15, -0.1) is 11.3 Å². The molecule has 0 atom stereocenters. The molecule has 16 heavy (non-hydrogen) atoms. The number of hydrogen-bond acceptors (Lipinski definition) is 2. The zero-order valence-corrected chi connectivity index (χ0v) is 10.1. The van der Waals surface area contributed by atoms with E-state index in [1.807, 2.05) is 25.1 Å². The van der Waals surface area contributed by atoms with Crippen LogP contribution in [0.25, 0.3) is 11.1 Å². The second-order valence-corrected chi connectivity index (χ2v) is 4.96. The molecule has 1 aromatic heterocycles. The first-order chi connectivity index (χ1) is 7.58. The van der Waals surface area contributed by atoms with E-state index < -0.39 is 0 Å². The van der Waals surface area contributed by atoms with Gasteiger partial charge in [-0.05, 0) is 48.1 Å². The summed E-state index contributed by atoms with van der Waals surface area (Å²) in [6, 6.07) is 7.92. The molecule has 1 amide bonds. The molecule has 0 spiro atoms. The second kappa shape index (κ2) is 4.10. The minimum absolute atomic E-state index is 0.369. The molecular formula is C13H13NOS. The van der Waals surface area contributed by atoms with Crippen LogP contribution in [0.1, 0.15) is 20.8 Å². The third-order valence-corrected chi connectivity index (χ3v) is 3.43. The van der Waals surface area contributed by atoms with E-state index in [1.54, 1.807) is 11.3 Å². The van der Waals surface area contributed by atoms with E-state index in [2.05, 4.69) is 18.4 Å². The Labute approximate surface area is 98.7 Å². The zero-order chi connectivity index (χ0) is 11.7. The molecule has 1 aromatic carbocycles. The number of carbonyl (C=O) groups is 1. The van der Waals surface area contributed by atoms with Gasteiger partial charge in [0, 0.05) is 10.4 Å². The highest BCUT2D eigenvalue weighted by Gasteiger charge is 2.07. The van der Waals surface area contributed by atoms with Crippen LogP contribution >= 0.6 is 11.3 Å². The minimum Gasteiger partial charge on any atom is -0.366 e. The van der Waals surface area contributed by atoms with Crippen molar-refractivity contribution in [3.8, 4) is 11.1 Å². The first kappa shape index (κ1) is 10.9. The largest absolute Gasteiger partial charge is 0.366 e. The van der Waals surface area contributed by atoms with Crippen molar-refractivity contribution in [3.63, 3.8) is 0 Å². The number of benzene rings is 1. The number of nitrogens with two attached hydrogens (primary N) is 1. The summed E-state index contributed by atoms with van der Waals surface area (Å²) in [4.78, 5) is 12.5. The summed E-state index contributed by atoms with van der Waals surface area (Å²) in [6.07, 6.45) is 0. The fraction of sp³-hybridized carbons (Fsp3) is 0.154.